The summed E-state index contributed by atoms with van der Waals surface area (Å²) in [7, 11) is 1.67. The van der Waals surface area contributed by atoms with Crippen LogP contribution >= 0.6 is 0 Å². The molecule has 2 aromatic rings. The average molecular weight is 315 g/mol. The largest absolute Gasteiger partial charge is 0.491 e. The van der Waals surface area contributed by atoms with Crippen LogP contribution in [0.3, 0.4) is 0 Å². The molecule has 0 bridgehead atoms. The van der Waals surface area contributed by atoms with Gasteiger partial charge in [0.2, 0.25) is 0 Å². The molecule has 0 spiro atoms. The van der Waals surface area contributed by atoms with Gasteiger partial charge in [-0.25, -0.2) is 0 Å². The number of ether oxygens (including phenoxy) is 3. The SMILES string of the molecule is COCCOc1ccc(CNc2ccc(OC(C)C)cc2)cc1. The molecule has 2 aromatic carbocycles. The van der Waals surface area contributed by atoms with E-state index in [-0.39, 0.29) is 6.10 Å². The number of methoxy groups -OCH3 is 1. The van der Waals surface area contributed by atoms with Crippen LogP contribution in [0.1, 0.15) is 19.4 Å². The summed E-state index contributed by atoms with van der Waals surface area (Å²) in [6.07, 6.45) is 0.193. The van der Waals surface area contributed by atoms with E-state index >= 15 is 0 Å². The maximum absolute atomic E-state index is 5.63. The number of hydrogen-bond donors (Lipinski definition) is 1. The van der Waals surface area contributed by atoms with Crippen LogP contribution in [0, 0.1) is 0 Å². The fourth-order valence-electron chi connectivity index (χ4n) is 2.07. The molecule has 0 heterocycles. The molecule has 4 heteroatoms. The fourth-order valence-corrected chi connectivity index (χ4v) is 2.07. The number of benzene rings is 2. The summed E-state index contributed by atoms with van der Waals surface area (Å²) in [5.74, 6) is 1.75. The van der Waals surface area contributed by atoms with E-state index < -0.39 is 0 Å². The van der Waals surface area contributed by atoms with Gasteiger partial charge in [-0.15, -0.1) is 0 Å². The summed E-state index contributed by atoms with van der Waals surface area (Å²) in [6, 6.07) is 16.1. The Morgan fingerprint density at radius 2 is 1.52 bits per heavy atom. The van der Waals surface area contributed by atoms with Gasteiger partial charge in [-0.05, 0) is 55.8 Å². The topological polar surface area (TPSA) is 39.7 Å². The lowest BCUT2D eigenvalue weighted by Gasteiger charge is -2.11. The molecular weight excluding hydrogens is 290 g/mol. The molecule has 0 aliphatic carbocycles. The smallest absolute Gasteiger partial charge is 0.119 e. The first-order valence-corrected chi connectivity index (χ1v) is 7.88. The first-order chi connectivity index (χ1) is 11.2. The Morgan fingerprint density at radius 1 is 0.870 bits per heavy atom. The molecule has 2 rings (SSSR count). The van der Waals surface area contributed by atoms with Crippen molar-refractivity contribution in [3.05, 3.63) is 54.1 Å². The van der Waals surface area contributed by atoms with Crippen LogP contribution in [0.4, 0.5) is 5.69 Å². The number of rotatable bonds is 9. The highest BCUT2D eigenvalue weighted by atomic mass is 16.5. The molecule has 0 aromatic heterocycles. The molecule has 1 N–H and O–H groups in total. The van der Waals surface area contributed by atoms with Gasteiger partial charge in [-0.1, -0.05) is 12.1 Å². The van der Waals surface area contributed by atoms with Gasteiger partial charge in [0.1, 0.15) is 18.1 Å². The summed E-state index contributed by atoms with van der Waals surface area (Å²) in [5, 5.41) is 3.40. The minimum absolute atomic E-state index is 0.193. The van der Waals surface area contributed by atoms with Gasteiger partial charge >= 0.3 is 0 Å². The number of hydrogen-bond acceptors (Lipinski definition) is 4. The minimum atomic E-state index is 0.193. The molecule has 0 unspecified atom stereocenters. The van der Waals surface area contributed by atoms with Crippen LogP contribution in [-0.2, 0) is 11.3 Å². The van der Waals surface area contributed by atoms with Gasteiger partial charge in [0.15, 0.2) is 0 Å². The third kappa shape index (κ3) is 6.20. The lowest BCUT2D eigenvalue weighted by molar-refractivity contribution is 0.146. The highest BCUT2D eigenvalue weighted by molar-refractivity contribution is 5.47. The maximum atomic E-state index is 5.63. The summed E-state index contributed by atoms with van der Waals surface area (Å²) < 4.78 is 16.1. The molecule has 0 saturated carbocycles. The molecule has 4 nitrogen and oxygen atoms in total. The summed E-state index contributed by atoms with van der Waals surface area (Å²) >= 11 is 0. The minimum Gasteiger partial charge on any atom is -0.491 e. The normalized spacial score (nSPS) is 10.6. The third-order valence-corrected chi connectivity index (χ3v) is 3.20. The molecular formula is C19H25NO3. The Balaban J connectivity index is 1.81. The summed E-state index contributed by atoms with van der Waals surface area (Å²) in [5.41, 5.74) is 2.27. The lowest BCUT2D eigenvalue weighted by atomic mass is 10.2. The Bertz CT molecular complexity index is 564. The standard InChI is InChI=1S/C19H25NO3/c1-15(2)23-19-10-6-17(7-11-19)20-14-16-4-8-18(9-5-16)22-13-12-21-3/h4-11,15,20H,12-14H2,1-3H3. The van der Waals surface area contributed by atoms with Crippen molar-refractivity contribution in [3.63, 3.8) is 0 Å². The van der Waals surface area contributed by atoms with Gasteiger partial charge in [-0.3, -0.25) is 0 Å². The van der Waals surface area contributed by atoms with Gasteiger partial charge in [0.25, 0.3) is 0 Å². The van der Waals surface area contributed by atoms with Crippen molar-refractivity contribution in [1.29, 1.82) is 0 Å². The molecule has 124 valence electrons. The zero-order chi connectivity index (χ0) is 16.5. The fraction of sp³-hybridized carbons (Fsp3) is 0.368. The Morgan fingerprint density at radius 3 is 2.13 bits per heavy atom. The highest BCUT2D eigenvalue weighted by Gasteiger charge is 1.99. The monoisotopic (exact) mass is 315 g/mol. The van der Waals surface area contributed by atoms with Crippen molar-refractivity contribution in [2.24, 2.45) is 0 Å². The Labute approximate surface area is 138 Å². The van der Waals surface area contributed by atoms with E-state index in [4.69, 9.17) is 14.2 Å². The van der Waals surface area contributed by atoms with Crippen molar-refractivity contribution in [1.82, 2.24) is 0 Å². The van der Waals surface area contributed by atoms with Gasteiger partial charge in [0, 0.05) is 19.3 Å². The van der Waals surface area contributed by atoms with Crippen molar-refractivity contribution in [3.8, 4) is 11.5 Å². The van der Waals surface area contributed by atoms with E-state index in [0.717, 1.165) is 23.7 Å². The average Bonchev–Trinajstić information content (AvgIpc) is 2.55. The predicted molar refractivity (Wildman–Crippen MR) is 93.3 cm³/mol. The van der Waals surface area contributed by atoms with Crippen LogP contribution < -0.4 is 14.8 Å². The molecule has 0 fully saturated rings. The van der Waals surface area contributed by atoms with Gasteiger partial charge in [-0.2, -0.15) is 0 Å². The van der Waals surface area contributed by atoms with Gasteiger partial charge in [0.05, 0.1) is 12.7 Å². The van der Waals surface area contributed by atoms with E-state index in [2.05, 4.69) is 17.4 Å². The van der Waals surface area contributed by atoms with E-state index in [1.165, 1.54) is 5.56 Å². The van der Waals surface area contributed by atoms with E-state index in [0.29, 0.717) is 13.2 Å². The second-order valence-electron chi connectivity index (χ2n) is 5.53. The third-order valence-electron chi connectivity index (χ3n) is 3.20. The summed E-state index contributed by atoms with van der Waals surface area (Å²) in [4.78, 5) is 0. The van der Waals surface area contributed by atoms with Crippen molar-refractivity contribution in [2.75, 3.05) is 25.6 Å². The molecule has 23 heavy (non-hydrogen) atoms. The quantitative estimate of drug-likeness (QED) is 0.707. The molecule has 0 aliphatic rings. The molecule has 0 saturated heterocycles. The van der Waals surface area contributed by atoms with Crippen LogP contribution in [0.15, 0.2) is 48.5 Å². The first kappa shape index (κ1) is 17.2. The van der Waals surface area contributed by atoms with Crippen molar-refractivity contribution in [2.45, 2.75) is 26.5 Å². The van der Waals surface area contributed by atoms with Crippen molar-refractivity contribution >= 4 is 5.69 Å². The van der Waals surface area contributed by atoms with Gasteiger partial charge < -0.3 is 19.5 Å². The summed E-state index contributed by atoms with van der Waals surface area (Å²) in [6.45, 7) is 5.98. The maximum Gasteiger partial charge on any atom is 0.119 e. The van der Waals surface area contributed by atoms with Crippen LogP contribution in [-0.4, -0.2) is 26.4 Å². The van der Waals surface area contributed by atoms with E-state index in [1.54, 1.807) is 7.11 Å². The van der Waals surface area contributed by atoms with Crippen LogP contribution in [0.2, 0.25) is 0 Å². The molecule has 0 aliphatic heterocycles. The number of anilines is 1. The second-order valence-corrected chi connectivity index (χ2v) is 5.53. The predicted octanol–water partition coefficient (Wildman–Crippen LogP) is 4.11. The first-order valence-electron chi connectivity index (χ1n) is 7.88. The van der Waals surface area contributed by atoms with Crippen LogP contribution in [0.25, 0.3) is 0 Å². The van der Waals surface area contributed by atoms with E-state index in [1.807, 2.05) is 50.2 Å². The molecule has 0 radical (unpaired) electrons. The zero-order valence-electron chi connectivity index (χ0n) is 14.0. The molecule has 0 amide bonds. The Kier molecular flexibility index (Phi) is 6.76. The Hall–Kier alpha value is -2.20. The number of nitrogens with one attached hydrogen (secondary N) is 1. The molecule has 0 atom stereocenters. The second kappa shape index (κ2) is 9.06. The lowest BCUT2D eigenvalue weighted by Crippen LogP contribution is -2.05. The highest BCUT2D eigenvalue weighted by Crippen LogP contribution is 2.18. The van der Waals surface area contributed by atoms with Crippen LogP contribution in [0.5, 0.6) is 11.5 Å². The zero-order valence-corrected chi connectivity index (χ0v) is 14.0. The van der Waals surface area contributed by atoms with Crippen molar-refractivity contribution < 1.29 is 14.2 Å². The van der Waals surface area contributed by atoms with E-state index in [9.17, 15) is 0 Å².